The zero-order chi connectivity index (χ0) is 10.0. The first kappa shape index (κ1) is 10.7. The SMILES string of the molecule is COc1c(Br)ccc([N+](=O)[O-])c1I. The number of nitro benzene ring substituents is 1. The molecular formula is C7H5BrINO3. The summed E-state index contributed by atoms with van der Waals surface area (Å²) in [6, 6.07) is 3.04. The summed E-state index contributed by atoms with van der Waals surface area (Å²) in [5.74, 6) is 0.495. The molecule has 1 aromatic carbocycles. The van der Waals surface area contributed by atoms with Crippen LogP contribution in [0.15, 0.2) is 16.6 Å². The highest BCUT2D eigenvalue weighted by Crippen LogP contribution is 2.35. The van der Waals surface area contributed by atoms with E-state index in [0.717, 1.165) is 0 Å². The Balaban J connectivity index is 3.35. The largest absolute Gasteiger partial charge is 0.494 e. The van der Waals surface area contributed by atoms with Gasteiger partial charge in [0.15, 0.2) is 5.75 Å². The maximum Gasteiger partial charge on any atom is 0.286 e. The van der Waals surface area contributed by atoms with Crippen molar-refractivity contribution in [1.29, 1.82) is 0 Å². The van der Waals surface area contributed by atoms with Gasteiger partial charge in [0.1, 0.15) is 3.57 Å². The fourth-order valence-electron chi connectivity index (χ4n) is 0.850. The van der Waals surface area contributed by atoms with Gasteiger partial charge in [0.25, 0.3) is 5.69 Å². The summed E-state index contributed by atoms with van der Waals surface area (Å²) >= 11 is 5.12. The molecule has 0 unspecified atom stereocenters. The van der Waals surface area contributed by atoms with Crippen LogP contribution in [0.1, 0.15) is 0 Å². The van der Waals surface area contributed by atoms with Crippen LogP contribution < -0.4 is 4.74 Å². The molecule has 0 aliphatic carbocycles. The Morgan fingerprint density at radius 3 is 2.69 bits per heavy atom. The molecular weight excluding hydrogens is 353 g/mol. The first-order valence-electron chi connectivity index (χ1n) is 3.24. The topological polar surface area (TPSA) is 52.4 Å². The van der Waals surface area contributed by atoms with E-state index >= 15 is 0 Å². The standard InChI is InChI=1S/C7H5BrINO3/c1-13-7-4(8)2-3-5(6(7)9)10(11)12/h2-3H,1H3. The molecule has 0 amide bonds. The van der Waals surface area contributed by atoms with Gasteiger partial charge in [-0.2, -0.15) is 0 Å². The minimum Gasteiger partial charge on any atom is -0.494 e. The van der Waals surface area contributed by atoms with Gasteiger partial charge < -0.3 is 4.74 Å². The number of hydrogen-bond donors (Lipinski definition) is 0. The van der Waals surface area contributed by atoms with Crippen molar-refractivity contribution < 1.29 is 9.66 Å². The second-order valence-corrected chi connectivity index (χ2v) is 4.10. The molecule has 1 rings (SSSR count). The van der Waals surface area contributed by atoms with Crippen molar-refractivity contribution in [2.24, 2.45) is 0 Å². The first-order valence-corrected chi connectivity index (χ1v) is 5.11. The van der Waals surface area contributed by atoms with E-state index in [1.165, 1.54) is 13.2 Å². The summed E-state index contributed by atoms with van der Waals surface area (Å²) in [6.45, 7) is 0. The van der Waals surface area contributed by atoms with Crippen LogP contribution in [0.25, 0.3) is 0 Å². The monoisotopic (exact) mass is 357 g/mol. The van der Waals surface area contributed by atoms with Gasteiger partial charge in [-0.1, -0.05) is 0 Å². The molecule has 4 nitrogen and oxygen atoms in total. The third-order valence-electron chi connectivity index (χ3n) is 1.43. The van der Waals surface area contributed by atoms with Crippen molar-refractivity contribution in [3.05, 3.63) is 30.3 Å². The molecule has 0 N–H and O–H groups in total. The van der Waals surface area contributed by atoms with E-state index in [1.54, 1.807) is 6.07 Å². The predicted octanol–water partition coefficient (Wildman–Crippen LogP) is 2.97. The quantitative estimate of drug-likeness (QED) is 0.464. The van der Waals surface area contributed by atoms with E-state index in [-0.39, 0.29) is 5.69 Å². The van der Waals surface area contributed by atoms with Crippen molar-refractivity contribution in [2.75, 3.05) is 7.11 Å². The maximum absolute atomic E-state index is 10.5. The van der Waals surface area contributed by atoms with E-state index in [4.69, 9.17) is 4.74 Å². The highest BCUT2D eigenvalue weighted by molar-refractivity contribution is 14.1. The third-order valence-corrected chi connectivity index (χ3v) is 3.10. The van der Waals surface area contributed by atoms with Gasteiger partial charge in [0.2, 0.25) is 0 Å². The minimum atomic E-state index is -0.434. The molecule has 0 saturated heterocycles. The van der Waals surface area contributed by atoms with E-state index in [2.05, 4.69) is 15.9 Å². The summed E-state index contributed by atoms with van der Waals surface area (Å²) < 4.78 is 6.22. The predicted molar refractivity (Wildman–Crippen MR) is 60.1 cm³/mol. The summed E-state index contributed by atoms with van der Waals surface area (Å²) in [6.07, 6.45) is 0. The number of hydrogen-bond acceptors (Lipinski definition) is 3. The average molecular weight is 358 g/mol. The van der Waals surface area contributed by atoms with Crippen molar-refractivity contribution in [3.63, 3.8) is 0 Å². The van der Waals surface area contributed by atoms with Crippen LogP contribution in [0.5, 0.6) is 5.75 Å². The fraction of sp³-hybridized carbons (Fsp3) is 0.143. The van der Waals surface area contributed by atoms with E-state index in [0.29, 0.717) is 13.8 Å². The summed E-state index contributed by atoms with van der Waals surface area (Å²) in [7, 11) is 1.48. The van der Waals surface area contributed by atoms with Crippen LogP contribution >= 0.6 is 38.5 Å². The third kappa shape index (κ3) is 2.11. The van der Waals surface area contributed by atoms with E-state index in [1.807, 2.05) is 22.6 Å². The lowest BCUT2D eigenvalue weighted by atomic mass is 10.3. The number of benzene rings is 1. The number of nitrogens with zero attached hydrogens (tertiary/aromatic N) is 1. The van der Waals surface area contributed by atoms with Gasteiger partial charge in [-0.25, -0.2) is 0 Å². The highest BCUT2D eigenvalue weighted by Gasteiger charge is 2.17. The second-order valence-electron chi connectivity index (χ2n) is 2.17. The van der Waals surface area contributed by atoms with Gasteiger partial charge in [0.05, 0.1) is 16.5 Å². The molecule has 0 atom stereocenters. The molecule has 13 heavy (non-hydrogen) atoms. The molecule has 0 aliphatic heterocycles. The lowest BCUT2D eigenvalue weighted by Gasteiger charge is -2.05. The van der Waals surface area contributed by atoms with Gasteiger partial charge >= 0.3 is 0 Å². The van der Waals surface area contributed by atoms with Crippen LogP contribution in [0.3, 0.4) is 0 Å². The number of methoxy groups -OCH3 is 1. The van der Waals surface area contributed by atoms with E-state index in [9.17, 15) is 10.1 Å². The normalized spacial score (nSPS) is 9.77. The van der Waals surface area contributed by atoms with Crippen molar-refractivity contribution in [1.82, 2.24) is 0 Å². The molecule has 0 radical (unpaired) electrons. The number of halogens is 2. The Kier molecular flexibility index (Phi) is 3.48. The Labute approximate surface area is 96.7 Å². The lowest BCUT2D eigenvalue weighted by molar-refractivity contribution is -0.385. The zero-order valence-electron chi connectivity index (χ0n) is 6.58. The first-order chi connectivity index (χ1) is 6.07. The summed E-state index contributed by atoms with van der Waals surface area (Å²) in [4.78, 5) is 10.1. The van der Waals surface area contributed by atoms with Crippen LogP contribution in [-0.2, 0) is 0 Å². The molecule has 6 heteroatoms. The molecule has 0 spiro atoms. The Morgan fingerprint density at radius 1 is 1.62 bits per heavy atom. The maximum atomic E-state index is 10.5. The van der Waals surface area contributed by atoms with Crippen molar-refractivity contribution in [3.8, 4) is 5.75 Å². The molecule has 0 aliphatic rings. The Bertz CT molecular complexity index is 356. The van der Waals surface area contributed by atoms with Crippen LogP contribution in [0.4, 0.5) is 5.69 Å². The molecule has 0 saturated carbocycles. The average Bonchev–Trinajstić information content (AvgIpc) is 2.04. The van der Waals surface area contributed by atoms with Crippen LogP contribution in [-0.4, -0.2) is 12.0 Å². The zero-order valence-corrected chi connectivity index (χ0v) is 10.3. The molecule has 0 bridgehead atoms. The van der Waals surface area contributed by atoms with Crippen molar-refractivity contribution in [2.45, 2.75) is 0 Å². The lowest BCUT2D eigenvalue weighted by Crippen LogP contribution is -1.95. The number of ether oxygens (including phenoxy) is 1. The smallest absolute Gasteiger partial charge is 0.286 e. The molecule has 0 heterocycles. The minimum absolute atomic E-state index is 0.0562. The number of nitro groups is 1. The van der Waals surface area contributed by atoms with Gasteiger partial charge in [0, 0.05) is 6.07 Å². The van der Waals surface area contributed by atoms with Gasteiger partial charge in [-0.15, -0.1) is 0 Å². The fourth-order valence-corrected chi connectivity index (χ4v) is 2.60. The van der Waals surface area contributed by atoms with Crippen molar-refractivity contribution >= 4 is 44.2 Å². The summed E-state index contributed by atoms with van der Waals surface area (Å²) in [5.41, 5.74) is 0.0562. The molecule has 0 fully saturated rings. The highest BCUT2D eigenvalue weighted by atomic mass is 127. The van der Waals surface area contributed by atoms with E-state index < -0.39 is 4.92 Å². The molecule has 1 aromatic rings. The Hall–Kier alpha value is -0.370. The van der Waals surface area contributed by atoms with Gasteiger partial charge in [-0.3, -0.25) is 10.1 Å². The number of rotatable bonds is 2. The second kappa shape index (κ2) is 4.23. The van der Waals surface area contributed by atoms with Crippen LogP contribution in [0.2, 0.25) is 0 Å². The molecule has 0 aromatic heterocycles. The Morgan fingerprint density at radius 2 is 2.23 bits per heavy atom. The summed E-state index contributed by atoms with van der Waals surface area (Å²) in [5, 5.41) is 10.5. The van der Waals surface area contributed by atoms with Gasteiger partial charge in [-0.05, 0) is 44.6 Å². The van der Waals surface area contributed by atoms with Crippen LogP contribution in [0, 0.1) is 13.7 Å². The molecule has 70 valence electrons.